The smallest absolute Gasteiger partial charge is 0.126 e. The van der Waals surface area contributed by atoms with Gasteiger partial charge in [-0.2, -0.15) is 0 Å². The molecule has 2 aromatic rings. The molecule has 2 heterocycles. The maximum Gasteiger partial charge on any atom is 0.126 e. The molecule has 1 saturated heterocycles. The standard InChI is InChI=1S/C17H21F2N3/c1-21-7-4-20-17(21)3-6-22-5-2-13(12-22)8-14-9-15(18)11-16(19)10-14/h4,7,9-11,13H,2-3,5-6,8,12H2,1H3. The predicted octanol–water partition coefficient (Wildman–Crippen LogP) is 2.81. The van der Waals surface area contributed by atoms with E-state index in [-0.39, 0.29) is 0 Å². The molecule has 1 atom stereocenters. The lowest BCUT2D eigenvalue weighted by Gasteiger charge is -2.16. The summed E-state index contributed by atoms with van der Waals surface area (Å²) in [5, 5.41) is 0. The average Bonchev–Trinajstić information content (AvgIpc) is 3.04. The summed E-state index contributed by atoms with van der Waals surface area (Å²) in [6.45, 7) is 3.02. The first kappa shape index (κ1) is 15.2. The molecule has 22 heavy (non-hydrogen) atoms. The molecular weight excluding hydrogens is 284 g/mol. The van der Waals surface area contributed by atoms with Gasteiger partial charge in [0, 0.05) is 45.0 Å². The number of hydrogen-bond donors (Lipinski definition) is 0. The minimum atomic E-state index is -0.486. The Balaban J connectivity index is 1.50. The number of hydrogen-bond acceptors (Lipinski definition) is 2. The summed E-state index contributed by atoms with van der Waals surface area (Å²) >= 11 is 0. The second kappa shape index (κ2) is 6.57. The lowest BCUT2D eigenvalue weighted by atomic mass is 9.98. The van der Waals surface area contributed by atoms with Gasteiger partial charge >= 0.3 is 0 Å². The zero-order valence-electron chi connectivity index (χ0n) is 12.8. The van der Waals surface area contributed by atoms with Gasteiger partial charge in [-0.05, 0) is 43.0 Å². The van der Waals surface area contributed by atoms with Crippen LogP contribution in [0.15, 0.2) is 30.6 Å². The first-order valence-corrected chi connectivity index (χ1v) is 7.73. The number of likely N-dealkylation sites (tertiary alicyclic amines) is 1. The van der Waals surface area contributed by atoms with Crippen LogP contribution in [0, 0.1) is 17.6 Å². The Morgan fingerprint density at radius 3 is 2.68 bits per heavy atom. The fraction of sp³-hybridized carbons (Fsp3) is 0.471. The summed E-state index contributed by atoms with van der Waals surface area (Å²) < 4.78 is 28.5. The third kappa shape index (κ3) is 3.71. The van der Waals surface area contributed by atoms with Crippen molar-refractivity contribution < 1.29 is 8.78 Å². The van der Waals surface area contributed by atoms with Gasteiger partial charge in [0.2, 0.25) is 0 Å². The van der Waals surface area contributed by atoms with E-state index < -0.39 is 11.6 Å². The third-order valence-corrected chi connectivity index (χ3v) is 4.39. The molecule has 0 N–H and O–H groups in total. The predicted molar refractivity (Wildman–Crippen MR) is 81.5 cm³/mol. The molecule has 0 bridgehead atoms. The van der Waals surface area contributed by atoms with Crippen molar-refractivity contribution in [3.05, 3.63) is 53.6 Å². The largest absolute Gasteiger partial charge is 0.338 e. The molecule has 0 spiro atoms. The Kier molecular flexibility index (Phi) is 4.52. The third-order valence-electron chi connectivity index (χ3n) is 4.39. The molecule has 3 rings (SSSR count). The molecule has 0 amide bonds. The molecule has 0 aliphatic carbocycles. The SMILES string of the molecule is Cn1ccnc1CCN1CCC(Cc2cc(F)cc(F)c2)C1. The van der Waals surface area contributed by atoms with Gasteiger partial charge in [-0.25, -0.2) is 13.8 Å². The van der Waals surface area contributed by atoms with E-state index in [0.717, 1.165) is 56.4 Å². The summed E-state index contributed by atoms with van der Waals surface area (Å²) in [4.78, 5) is 6.75. The van der Waals surface area contributed by atoms with Crippen LogP contribution in [-0.2, 0) is 19.9 Å². The van der Waals surface area contributed by atoms with Crippen molar-refractivity contribution in [3.8, 4) is 0 Å². The van der Waals surface area contributed by atoms with E-state index in [0.29, 0.717) is 5.92 Å². The number of nitrogens with zero attached hydrogens (tertiary/aromatic N) is 3. The van der Waals surface area contributed by atoms with E-state index in [1.807, 2.05) is 24.0 Å². The average molecular weight is 305 g/mol. The van der Waals surface area contributed by atoms with Crippen LogP contribution in [0.4, 0.5) is 8.78 Å². The van der Waals surface area contributed by atoms with Gasteiger partial charge in [-0.1, -0.05) is 0 Å². The first-order chi connectivity index (χ1) is 10.6. The molecule has 0 saturated carbocycles. The number of aromatic nitrogens is 2. The lowest BCUT2D eigenvalue weighted by Crippen LogP contribution is -2.24. The van der Waals surface area contributed by atoms with Gasteiger partial charge in [-0.3, -0.25) is 0 Å². The van der Waals surface area contributed by atoms with E-state index in [9.17, 15) is 8.78 Å². The molecule has 1 fully saturated rings. The number of halogens is 2. The van der Waals surface area contributed by atoms with Crippen LogP contribution < -0.4 is 0 Å². The quantitative estimate of drug-likeness (QED) is 0.847. The van der Waals surface area contributed by atoms with E-state index >= 15 is 0 Å². The van der Waals surface area contributed by atoms with E-state index in [1.54, 1.807) is 0 Å². The zero-order valence-corrected chi connectivity index (χ0v) is 12.8. The monoisotopic (exact) mass is 305 g/mol. The van der Waals surface area contributed by atoms with Crippen molar-refractivity contribution in [3.63, 3.8) is 0 Å². The molecule has 1 aromatic carbocycles. The molecule has 118 valence electrons. The molecule has 5 heteroatoms. The van der Waals surface area contributed by atoms with Crippen molar-refractivity contribution in [1.82, 2.24) is 14.5 Å². The summed E-state index contributed by atoms with van der Waals surface area (Å²) in [6, 6.07) is 3.82. The first-order valence-electron chi connectivity index (χ1n) is 7.73. The number of imidazole rings is 1. The Morgan fingerprint density at radius 2 is 2.00 bits per heavy atom. The van der Waals surface area contributed by atoms with E-state index in [2.05, 4.69) is 9.88 Å². The van der Waals surface area contributed by atoms with E-state index in [1.165, 1.54) is 12.1 Å². The minimum Gasteiger partial charge on any atom is -0.338 e. The van der Waals surface area contributed by atoms with Crippen LogP contribution in [-0.4, -0.2) is 34.1 Å². The maximum absolute atomic E-state index is 13.2. The second-order valence-electron chi connectivity index (χ2n) is 6.14. The highest BCUT2D eigenvalue weighted by Gasteiger charge is 2.23. The van der Waals surface area contributed by atoms with Gasteiger partial charge in [0.25, 0.3) is 0 Å². The number of aryl methyl sites for hydroxylation is 1. The van der Waals surface area contributed by atoms with Gasteiger partial charge in [0.1, 0.15) is 17.5 Å². The van der Waals surface area contributed by atoms with Crippen LogP contribution in [0.3, 0.4) is 0 Å². The number of benzene rings is 1. The molecule has 0 radical (unpaired) electrons. The molecule has 1 aromatic heterocycles. The highest BCUT2D eigenvalue weighted by molar-refractivity contribution is 5.18. The second-order valence-corrected chi connectivity index (χ2v) is 6.14. The van der Waals surface area contributed by atoms with Crippen molar-refractivity contribution in [1.29, 1.82) is 0 Å². The zero-order chi connectivity index (χ0) is 15.5. The van der Waals surface area contributed by atoms with Gasteiger partial charge in [0.05, 0.1) is 0 Å². The Bertz CT molecular complexity index is 618. The number of rotatable bonds is 5. The molecular formula is C17H21F2N3. The molecule has 1 aliphatic rings. The van der Waals surface area contributed by atoms with Crippen molar-refractivity contribution in [2.24, 2.45) is 13.0 Å². The topological polar surface area (TPSA) is 21.1 Å². The lowest BCUT2D eigenvalue weighted by molar-refractivity contribution is 0.324. The highest BCUT2D eigenvalue weighted by Crippen LogP contribution is 2.22. The Morgan fingerprint density at radius 1 is 1.23 bits per heavy atom. The molecule has 1 aliphatic heterocycles. The molecule has 1 unspecified atom stereocenters. The summed E-state index contributed by atoms with van der Waals surface area (Å²) in [5.41, 5.74) is 0.758. The maximum atomic E-state index is 13.2. The van der Waals surface area contributed by atoms with Crippen molar-refractivity contribution in [2.75, 3.05) is 19.6 Å². The van der Waals surface area contributed by atoms with E-state index in [4.69, 9.17) is 0 Å². The van der Waals surface area contributed by atoms with Crippen molar-refractivity contribution in [2.45, 2.75) is 19.3 Å². The Hall–Kier alpha value is -1.75. The minimum absolute atomic E-state index is 0.475. The van der Waals surface area contributed by atoms with Crippen molar-refractivity contribution >= 4 is 0 Å². The molecule has 3 nitrogen and oxygen atoms in total. The summed E-state index contributed by atoms with van der Waals surface area (Å²) in [7, 11) is 2.01. The summed E-state index contributed by atoms with van der Waals surface area (Å²) in [6.07, 6.45) is 6.54. The van der Waals surface area contributed by atoms with Crippen LogP contribution in [0.25, 0.3) is 0 Å². The van der Waals surface area contributed by atoms with Crippen LogP contribution >= 0.6 is 0 Å². The van der Waals surface area contributed by atoms with Crippen LogP contribution in [0.1, 0.15) is 17.8 Å². The van der Waals surface area contributed by atoms with Gasteiger partial charge in [-0.15, -0.1) is 0 Å². The van der Waals surface area contributed by atoms with Gasteiger partial charge < -0.3 is 9.47 Å². The summed E-state index contributed by atoms with van der Waals surface area (Å²) in [5.74, 6) is 0.595. The van der Waals surface area contributed by atoms with Crippen LogP contribution in [0.2, 0.25) is 0 Å². The fourth-order valence-electron chi connectivity index (χ4n) is 3.24. The normalized spacial score (nSPS) is 19.0. The fourth-order valence-corrected chi connectivity index (χ4v) is 3.24. The highest BCUT2D eigenvalue weighted by atomic mass is 19.1. The van der Waals surface area contributed by atoms with Crippen LogP contribution in [0.5, 0.6) is 0 Å². The van der Waals surface area contributed by atoms with Gasteiger partial charge in [0.15, 0.2) is 0 Å². The Labute approximate surface area is 129 Å².